The van der Waals surface area contributed by atoms with Crippen molar-refractivity contribution < 1.29 is 0 Å². The zero-order valence-electron chi connectivity index (χ0n) is 9.67. The van der Waals surface area contributed by atoms with Gasteiger partial charge in [-0.1, -0.05) is 33.6 Å². The van der Waals surface area contributed by atoms with E-state index in [0.29, 0.717) is 0 Å². The summed E-state index contributed by atoms with van der Waals surface area (Å²) in [6, 6.07) is 6.51. The average molecular weight is 280 g/mol. The third-order valence-corrected chi connectivity index (χ3v) is 3.61. The first kappa shape index (κ1) is 11.9. The van der Waals surface area contributed by atoms with Gasteiger partial charge in [0.25, 0.3) is 0 Å². The monoisotopic (exact) mass is 279 g/mol. The predicted molar refractivity (Wildman–Crippen MR) is 72.4 cm³/mol. The fourth-order valence-corrected chi connectivity index (χ4v) is 2.93. The van der Waals surface area contributed by atoms with Gasteiger partial charge in [0, 0.05) is 4.47 Å². The molecule has 2 heteroatoms. The molecule has 1 nitrogen and oxygen atoms in total. The predicted octanol–water partition coefficient (Wildman–Crippen LogP) is 4.26. The molecule has 1 aromatic carbocycles. The lowest BCUT2D eigenvalue weighted by Crippen LogP contribution is -2.15. The number of hydrogen-bond acceptors (Lipinski definition) is 1. The summed E-state index contributed by atoms with van der Waals surface area (Å²) in [4.78, 5) is 0. The fraction of sp³-hybridized carbons (Fsp3) is 0.429. The maximum absolute atomic E-state index is 6.32. The van der Waals surface area contributed by atoms with E-state index in [1.807, 2.05) is 0 Å². The lowest BCUT2D eigenvalue weighted by Gasteiger charge is -2.20. The van der Waals surface area contributed by atoms with Crippen LogP contribution >= 0.6 is 15.9 Å². The Bertz CT molecular complexity index is 389. The molecular weight excluding hydrogens is 262 g/mol. The van der Waals surface area contributed by atoms with Crippen molar-refractivity contribution in [3.05, 3.63) is 45.4 Å². The second-order valence-corrected chi connectivity index (χ2v) is 5.48. The van der Waals surface area contributed by atoms with Gasteiger partial charge in [-0.25, -0.2) is 0 Å². The number of rotatable bonds is 2. The minimum atomic E-state index is 0.0801. The second kappa shape index (κ2) is 5.15. The number of benzene rings is 1. The Balaban J connectivity index is 2.25. The first-order valence-corrected chi connectivity index (χ1v) is 6.68. The van der Waals surface area contributed by atoms with Gasteiger partial charge in [0.05, 0.1) is 6.04 Å². The maximum Gasteiger partial charge on any atom is 0.0511 e. The molecule has 1 atom stereocenters. The van der Waals surface area contributed by atoms with Gasteiger partial charge in [0.2, 0.25) is 0 Å². The van der Waals surface area contributed by atoms with E-state index in [0.717, 1.165) is 10.9 Å². The smallest absolute Gasteiger partial charge is 0.0511 e. The van der Waals surface area contributed by atoms with Gasteiger partial charge in [-0.3, -0.25) is 0 Å². The molecule has 1 aromatic rings. The van der Waals surface area contributed by atoms with Gasteiger partial charge in [0.15, 0.2) is 0 Å². The summed E-state index contributed by atoms with van der Waals surface area (Å²) in [5.74, 6) is 0. The van der Waals surface area contributed by atoms with Gasteiger partial charge >= 0.3 is 0 Å². The van der Waals surface area contributed by atoms with Crippen LogP contribution in [0.5, 0.6) is 0 Å². The largest absolute Gasteiger partial charge is 0.321 e. The van der Waals surface area contributed by atoms with Crippen molar-refractivity contribution >= 4 is 15.9 Å². The maximum atomic E-state index is 6.32. The van der Waals surface area contributed by atoms with Gasteiger partial charge < -0.3 is 5.73 Å². The number of hydrogen-bond donors (Lipinski definition) is 1. The average Bonchev–Trinajstić information content (AvgIpc) is 2.28. The Morgan fingerprint density at radius 2 is 2.06 bits per heavy atom. The molecule has 0 aliphatic heterocycles. The number of aryl methyl sites for hydroxylation is 1. The zero-order valence-corrected chi connectivity index (χ0v) is 11.3. The highest BCUT2D eigenvalue weighted by molar-refractivity contribution is 9.10. The van der Waals surface area contributed by atoms with E-state index in [4.69, 9.17) is 5.73 Å². The van der Waals surface area contributed by atoms with Gasteiger partial charge in [-0.2, -0.15) is 0 Å². The number of allylic oxidation sites excluding steroid dienone is 1. The molecule has 1 aliphatic rings. The molecule has 2 N–H and O–H groups in total. The summed E-state index contributed by atoms with van der Waals surface area (Å²) in [5, 5.41) is 0. The Morgan fingerprint density at radius 3 is 2.69 bits per heavy atom. The van der Waals surface area contributed by atoms with E-state index in [2.05, 4.69) is 47.1 Å². The molecule has 2 rings (SSSR count). The Morgan fingerprint density at radius 1 is 1.25 bits per heavy atom. The van der Waals surface area contributed by atoms with Gasteiger partial charge in [0.1, 0.15) is 0 Å². The van der Waals surface area contributed by atoms with Crippen molar-refractivity contribution in [3.63, 3.8) is 0 Å². The van der Waals surface area contributed by atoms with Crippen molar-refractivity contribution in [3.8, 4) is 0 Å². The quantitative estimate of drug-likeness (QED) is 0.805. The Kier molecular flexibility index (Phi) is 3.82. The summed E-state index contributed by atoms with van der Waals surface area (Å²) in [6.07, 6.45) is 7.27. The van der Waals surface area contributed by atoms with E-state index >= 15 is 0 Å². The van der Waals surface area contributed by atoms with Crippen LogP contribution < -0.4 is 5.73 Å². The third-order valence-electron chi connectivity index (χ3n) is 3.15. The normalized spacial score (nSPS) is 18.1. The number of nitrogens with two attached hydrogens (primary N) is 1. The van der Waals surface area contributed by atoms with Crippen LogP contribution in [0.15, 0.2) is 34.3 Å². The minimum absolute atomic E-state index is 0.0801. The molecular formula is C14H18BrN. The van der Waals surface area contributed by atoms with Crippen LogP contribution in [-0.4, -0.2) is 0 Å². The molecule has 0 saturated heterocycles. The lowest BCUT2D eigenvalue weighted by molar-refractivity contribution is 0.648. The standard InChI is InChI=1S/C14H18BrN/c1-10-7-12(9-13(15)8-10)14(16)11-5-3-2-4-6-11/h5,7-9,14H,2-4,6,16H2,1H3. The van der Waals surface area contributed by atoms with E-state index in [-0.39, 0.29) is 6.04 Å². The topological polar surface area (TPSA) is 26.0 Å². The van der Waals surface area contributed by atoms with Crippen LogP contribution in [0, 0.1) is 6.92 Å². The van der Waals surface area contributed by atoms with E-state index in [1.165, 1.54) is 36.0 Å². The zero-order chi connectivity index (χ0) is 11.5. The molecule has 0 fully saturated rings. The Labute approximate surface area is 106 Å². The van der Waals surface area contributed by atoms with Crippen molar-refractivity contribution in [1.29, 1.82) is 0 Å². The molecule has 0 heterocycles. The first-order chi connectivity index (χ1) is 7.66. The van der Waals surface area contributed by atoms with E-state index in [9.17, 15) is 0 Å². The van der Waals surface area contributed by atoms with Gasteiger partial charge in [-0.05, 0) is 55.9 Å². The summed E-state index contributed by atoms with van der Waals surface area (Å²) in [5.41, 5.74) is 10.2. The summed E-state index contributed by atoms with van der Waals surface area (Å²) in [7, 11) is 0. The molecule has 0 amide bonds. The van der Waals surface area contributed by atoms with Crippen LogP contribution in [-0.2, 0) is 0 Å². The van der Waals surface area contributed by atoms with Crippen LogP contribution in [0.4, 0.5) is 0 Å². The summed E-state index contributed by atoms with van der Waals surface area (Å²) < 4.78 is 1.12. The van der Waals surface area contributed by atoms with Crippen molar-refractivity contribution in [2.24, 2.45) is 5.73 Å². The molecule has 1 unspecified atom stereocenters. The van der Waals surface area contributed by atoms with Crippen LogP contribution in [0.1, 0.15) is 42.9 Å². The van der Waals surface area contributed by atoms with Gasteiger partial charge in [-0.15, -0.1) is 0 Å². The van der Waals surface area contributed by atoms with Crippen LogP contribution in [0.25, 0.3) is 0 Å². The molecule has 1 aliphatic carbocycles. The van der Waals surface area contributed by atoms with E-state index in [1.54, 1.807) is 0 Å². The van der Waals surface area contributed by atoms with Crippen molar-refractivity contribution in [1.82, 2.24) is 0 Å². The highest BCUT2D eigenvalue weighted by Crippen LogP contribution is 2.29. The molecule has 0 saturated carbocycles. The van der Waals surface area contributed by atoms with E-state index < -0.39 is 0 Å². The Hall–Kier alpha value is -0.600. The third kappa shape index (κ3) is 2.74. The molecule has 86 valence electrons. The first-order valence-electron chi connectivity index (χ1n) is 5.88. The molecule has 0 aromatic heterocycles. The second-order valence-electron chi connectivity index (χ2n) is 4.56. The van der Waals surface area contributed by atoms with Crippen molar-refractivity contribution in [2.75, 3.05) is 0 Å². The van der Waals surface area contributed by atoms with Crippen molar-refractivity contribution in [2.45, 2.75) is 38.6 Å². The lowest BCUT2D eigenvalue weighted by atomic mass is 9.90. The molecule has 0 bridgehead atoms. The number of halogens is 1. The van der Waals surface area contributed by atoms with Crippen LogP contribution in [0.3, 0.4) is 0 Å². The van der Waals surface area contributed by atoms with Crippen LogP contribution in [0.2, 0.25) is 0 Å². The summed E-state index contributed by atoms with van der Waals surface area (Å²) in [6.45, 7) is 2.11. The minimum Gasteiger partial charge on any atom is -0.321 e. The fourth-order valence-electron chi connectivity index (χ4n) is 2.30. The summed E-state index contributed by atoms with van der Waals surface area (Å²) >= 11 is 3.53. The molecule has 0 spiro atoms. The molecule has 0 radical (unpaired) electrons. The molecule has 16 heavy (non-hydrogen) atoms. The SMILES string of the molecule is Cc1cc(Br)cc(C(N)C2=CCCCC2)c1. The highest BCUT2D eigenvalue weighted by Gasteiger charge is 2.14. The highest BCUT2D eigenvalue weighted by atomic mass is 79.9.